The Morgan fingerprint density at radius 2 is 2.25 bits per heavy atom. The van der Waals surface area contributed by atoms with Crippen molar-refractivity contribution in [1.82, 2.24) is 0 Å². The van der Waals surface area contributed by atoms with E-state index in [0.29, 0.717) is 18.3 Å². The molecular weight excluding hydrogens is 220 g/mol. The van der Waals surface area contributed by atoms with E-state index in [1.807, 2.05) is 18.7 Å². The standard InChI is InChI=1S/C13H24O2S/c1-4-15-13(14)9-11(3)16-12-7-5-6-10(2)8-12/h10-12H,4-9H2,1-3H3. The van der Waals surface area contributed by atoms with Gasteiger partial charge in [0.05, 0.1) is 13.0 Å². The fraction of sp³-hybridized carbons (Fsp3) is 0.923. The number of carbonyl (C=O) groups is 1. The molecule has 0 aromatic heterocycles. The highest BCUT2D eigenvalue weighted by Crippen LogP contribution is 2.34. The molecule has 0 aliphatic heterocycles. The first-order valence-electron chi connectivity index (χ1n) is 6.42. The van der Waals surface area contributed by atoms with E-state index in [0.717, 1.165) is 11.2 Å². The number of carbonyl (C=O) groups excluding carboxylic acids is 1. The van der Waals surface area contributed by atoms with E-state index in [2.05, 4.69) is 13.8 Å². The van der Waals surface area contributed by atoms with Gasteiger partial charge in [-0.1, -0.05) is 26.7 Å². The Kier molecular flexibility index (Phi) is 6.25. The van der Waals surface area contributed by atoms with Gasteiger partial charge < -0.3 is 4.74 Å². The third kappa shape index (κ3) is 5.24. The second kappa shape index (κ2) is 7.21. The molecule has 1 rings (SSSR count). The van der Waals surface area contributed by atoms with Gasteiger partial charge >= 0.3 is 5.97 Å². The third-order valence-corrected chi connectivity index (χ3v) is 4.52. The van der Waals surface area contributed by atoms with E-state index in [-0.39, 0.29) is 5.97 Å². The van der Waals surface area contributed by atoms with Crippen molar-refractivity contribution in [2.75, 3.05) is 6.61 Å². The molecule has 3 atom stereocenters. The Labute approximate surface area is 104 Å². The van der Waals surface area contributed by atoms with Gasteiger partial charge in [0, 0.05) is 10.5 Å². The SMILES string of the molecule is CCOC(=O)CC(C)SC1CCCC(C)C1. The number of ether oxygens (including phenoxy) is 1. The smallest absolute Gasteiger partial charge is 0.306 e. The van der Waals surface area contributed by atoms with Crippen LogP contribution < -0.4 is 0 Å². The summed E-state index contributed by atoms with van der Waals surface area (Å²) < 4.78 is 4.97. The van der Waals surface area contributed by atoms with E-state index in [1.165, 1.54) is 25.7 Å². The van der Waals surface area contributed by atoms with E-state index in [1.54, 1.807) is 0 Å². The zero-order valence-electron chi connectivity index (χ0n) is 10.7. The molecule has 0 spiro atoms. The molecule has 0 radical (unpaired) electrons. The van der Waals surface area contributed by atoms with Crippen molar-refractivity contribution in [1.29, 1.82) is 0 Å². The maximum atomic E-state index is 11.3. The van der Waals surface area contributed by atoms with E-state index in [4.69, 9.17) is 4.74 Å². The maximum Gasteiger partial charge on any atom is 0.306 e. The predicted molar refractivity (Wildman–Crippen MR) is 69.7 cm³/mol. The molecule has 0 amide bonds. The second-order valence-corrected chi connectivity index (χ2v) is 6.59. The van der Waals surface area contributed by atoms with Crippen LogP contribution in [0.3, 0.4) is 0 Å². The van der Waals surface area contributed by atoms with Crippen LogP contribution in [0.2, 0.25) is 0 Å². The average Bonchev–Trinajstić information content (AvgIpc) is 2.17. The van der Waals surface area contributed by atoms with Gasteiger partial charge in [0.1, 0.15) is 0 Å². The summed E-state index contributed by atoms with van der Waals surface area (Å²) in [6, 6.07) is 0. The van der Waals surface area contributed by atoms with Crippen molar-refractivity contribution in [3.8, 4) is 0 Å². The Morgan fingerprint density at radius 1 is 1.50 bits per heavy atom. The molecule has 3 heteroatoms. The lowest BCUT2D eigenvalue weighted by atomic mass is 9.91. The normalized spacial score (nSPS) is 27.4. The number of hydrogen-bond donors (Lipinski definition) is 0. The van der Waals surface area contributed by atoms with Crippen molar-refractivity contribution < 1.29 is 9.53 Å². The Hall–Kier alpha value is -0.180. The van der Waals surface area contributed by atoms with E-state index < -0.39 is 0 Å². The molecular formula is C13H24O2S. The summed E-state index contributed by atoms with van der Waals surface area (Å²) in [7, 11) is 0. The first-order valence-corrected chi connectivity index (χ1v) is 7.37. The minimum Gasteiger partial charge on any atom is -0.466 e. The molecule has 0 saturated heterocycles. The topological polar surface area (TPSA) is 26.3 Å². The fourth-order valence-electron chi connectivity index (χ4n) is 2.33. The van der Waals surface area contributed by atoms with Crippen LogP contribution >= 0.6 is 11.8 Å². The summed E-state index contributed by atoms with van der Waals surface area (Å²) in [5, 5.41) is 1.16. The molecule has 1 aliphatic rings. The molecule has 16 heavy (non-hydrogen) atoms. The quantitative estimate of drug-likeness (QED) is 0.691. The van der Waals surface area contributed by atoms with Gasteiger partial charge in [-0.05, 0) is 25.7 Å². The van der Waals surface area contributed by atoms with Crippen molar-refractivity contribution in [3.63, 3.8) is 0 Å². The van der Waals surface area contributed by atoms with Gasteiger partial charge in [0.25, 0.3) is 0 Å². The van der Waals surface area contributed by atoms with Crippen LogP contribution in [0, 0.1) is 5.92 Å². The maximum absolute atomic E-state index is 11.3. The van der Waals surface area contributed by atoms with Crippen LogP contribution in [0.1, 0.15) is 52.9 Å². The van der Waals surface area contributed by atoms with Gasteiger partial charge in [0.2, 0.25) is 0 Å². The zero-order chi connectivity index (χ0) is 12.0. The summed E-state index contributed by atoms with van der Waals surface area (Å²) in [6.45, 7) is 6.83. The zero-order valence-corrected chi connectivity index (χ0v) is 11.5. The molecule has 94 valence electrons. The highest BCUT2D eigenvalue weighted by atomic mass is 32.2. The number of esters is 1. The van der Waals surface area contributed by atoms with E-state index >= 15 is 0 Å². The van der Waals surface area contributed by atoms with Gasteiger partial charge in [-0.3, -0.25) is 4.79 Å². The van der Waals surface area contributed by atoms with Crippen molar-refractivity contribution in [2.24, 2.45) is 5.92 Å². The Morgan fingerprint density at radius 3 is 2.88 bits per heavy atom. The van der Waals surface area contributed by atoms with Crippen LogP contribution in [0.15, 0.2) is 0 Å². The Bertz CT molecular complexity index is 218. The lowest BCUT2D eigenvalue weighted by molar-refractivity contribution is -0.142. The molecule has 0 heterocycles. The largest absolute Gasteiger partial charge is 0.466 e. The van der Waals surface area contributed by atoms with Crippen molar-refractivity contribution in [3.05, 3.63) is 0 Å². The highest BCUT2D eigenvalue weighted by Gasteiger charge is 2.22. The van der Waals surface area contributed by atoms with Gasteiger partial charge in [-0.15, -0.1) is 0 Å². The van der Waals surface area contributed by atoms with Gasteiger partial charge in [0.15, 0.2) is 0 Å². The summed E-state index contributed by atoms with van der Waals surface area (Å²) in [5.41, 5.74) is 0. The first kappa shape index (κ1) is 13.9. The molecule has 1 fully saturated rings. The molecule has 0 N–H and O–H groups in total. The average molecular weight is 244 g/mol. The molecule has 0 aromatic carbocycles. The van der Waals surface area contributed by atoms with Crippen LogP contribution in [-0.2, 0) is 9.53 Å². The Balaban J connectivity index is 2.22. The predicted octanol–water partition coefficient (Wildman–Crippen LogP) is 3.64. The summed E-state index contributed by atoms with van der Waals surface area (Å²) in [5.74, 6) is 0.812. The molecule has 1 aliphatic carbocycles. The van der Waals surface area contributed by atoms with Gasteiger partial charge in [-0.25, -0.2) is 0 Å². The summed E-state index contributed by atoms with van der Waals surface area (Å²) >= 11 is 1.98. The molecule has 0 bridgehead atoms. The van der Waals surface area contributed by atoms with Crippen LogP contribution in [0.4, 0.5) is 0 Å². The number of rotatable bonds is 5. The molecule has 0 aromatic rings. The minimum atomic E-state index is -0.0497. The highest BCUT2D eigenvalue weighted by molar-refractivity contribution is 8.00. The summed E-state index contributed by atoms with van der Waals surface area (Å²) in [4.78, 5) is 11.3. The number of thioether (sulfide) groups is 1. The number of hydrogen-bond acceptors (Lipinski definition) is 3. The first-order chi connectivity index (χ1) is 7.61. The fourth-order valence-corrected chi connectivity index (χ4v) is 3.97. The lowest BCUT2D eigenvalue weighted by Crippen LogP contribution is -2.19. The van der Waals surface area contributed by atoms with Crippen molar-refractivity contribution in [2.45, 2.75) is 63.4 Å². The monoisotopic (exact) mass is 244 g/mol. The molecule has 2 nitrogen and oxygen atoms in total. The van der Waals surface area contributed by atoms with Crippen LogP contribution in [0.25, 0.3) is 0 Å². The summed E-state index contributed by atoms with van der Waals surface area (Å²) in [6.07, 6.45) is 5.93. The van der Waals surface area contributed by atoms with Crippen LogP contribution in [-0.4, -0.2) is 23.1 Å². The molecule has 3 unspecified atom stereocenters. The minimum absolute atomic E-state index is 0.0497. The second-order valence-electron chi connectivity index (χ2n) is 4.85. The van der Waals surface area contributed by atoms with E-state index in [9.17, 15) is 4.79 Å². The molecule has 1 saturated carbocycles. The van der Waals surface area contributed by atoms with Gasteiger partial charge in [-0.2, -0.15) is 11.8 Å². The van der Waals surface area contributed by atoms with Crippen molar-refractivity contribution >= 4 is 17.7 Å². The van der Waals surface area contributed by atoms with Crippen LogP contribution in [0.5, 0.6) is 0 Å². The third-order valence-electron chi connectivity index (χ3n) is 3.07. The lowest BCUT2D eigenvalue weighted by Gasteiger charge is -2.28.